The van der Waals surface area contributed by atoms with Crippen LogP contribution in [0.4, 0.5) is 0 Å². The van der Waals surface area contributed by atoms with Crippen LogP contribution in [-0.4, -0.2) is 47.8 Å². The average Bonchev–Trinajstić information content (AvgIpc) is 2.42. The molecule has 0 saturated carbocycles. The van der Waals surface area contributed by atoms with Gasteiger partial charge in [0.15, 0.2) is 5.96 Å². The van der Waals surface area contributed by atoms with E-state index >= 15 is 0 Å². The van der Waals surface area contributed by atoms with Gasteiger partial charge in [-0.2, -0.15) is 0 Å². The fourth-order valence-corrected chi connectivity index (χ4v) is 2.46. The second kappa shape index (κ2) is 6.90. The lowest BCUT2D eigenvalue weighted by Crippen LogP contribution is -2.48. The summed E-state index contributed by atoms with van der Waals surface area (Å²) in [5, 5.41) is 0. The molecule has 6 nitrogen and oxygen atoms in total. The fraction of sp³-hybridized carbons (Fsp3) is 0.538. The quantitative estimate of drug-likeness (QED) is 0.646. The Balaban J connectivity index is 1.92. The van der Waals surface area contributed by atoms with E-state index in [4.69, 9.17) is 10.5 Å². The molecule has 1 atom stereocenters. The lowest BCUT2D eigenvalue weighted by molar-refractivity contribution is 0.00529. The number of halogens is 1. The fourth-order valence-electron chi connectivity index (χ4n) is 2.08. The zero-order chi connectivity index (χ0) is 14.5. The zero-order valence-electron chi connectivity index (χ0n) is 11.5. The van der Waals surface area contributed by atoms with Crippen molar-refractivity contribution >= 4 is 21.9 Å². The Morgan fingerprint density at radius 3 is 3.15 bits per heavy atom. The maximum Gasteiger partial charge on any atom is 0.250 e. The predicted molar refractivity (Wildman–Crippen MR) is 81.9 cm³/mol. The number of rotatable bonds is 3. The lowest BCUT2D eigenvalue weighted by atomic mass is 10.3. The van der Waals surface area contributed by atoms with Gasteiger partial charge in [0, 0.05) is 36.4 Å². The largest absolute Gasteiger partial charge is 0.375 e. The molecule has 0 bridgehead atoms. The van der Waals surface area contributed by atoms with Crippen LogP contribution in [-0.2, 0) is 11.3 Å². The minimum Gasteiger partial charge on any atom is -0.375 e. The molecule has 20 heavy (non-hydrogen) atoms. The van der Waals surface area contributed by atoms with Gasteiger partial charge in [0.1, 0.15) is 0 Å². The summed E-state index contributed by atoms with van der Waals surface area (Å²) in [6, 6.07) is 3.26. The number of nitrogens with zero attached hydrogens (tertiary/aromatic N) is 3. The number of guanidine groups is 1. The van der Waals surface area contributed by atoms with E-state index in [1.807, 2.05) is 11.8 Å². The second-order valence-electron chi connectivity index (χ2n) is 4.75. The number of pyridine rings is 1. The monoisotopic (exact) mass is 342 g/mol. The first-order chi connectivity index (χ1) is 9.56. The van der Waals surface area contributed by atoms with Gasteiger partial charge >= 0.3 is 0 Å². The smallest absolute Gasteiger partial charge is 0.250 e. The van der Waals surface area contributed by atoms with Crippen LogP contribution >= 0.6 is 15.9 Å². The third-order valence-electron chi connectivity index (χ3n) is 3.13. The number of hydrogen-bond acceptors (Lipinski definition) is 3. The van der Waals surface area contributed by atoms with Crippen molar-refractivity contribution in [2.45, 2.75) is 19.6 Å². The molecule has 1 aliphatic rings. The highest BCUT2D eigenvalue weighted by Crippen LogP contribution is 2.05. The second-order valence-corrected chi connectivity index (χ2v) is 5.66. The summed E-state index contributed by atoms with van der Waals surface area (Å²) in [6.07, 6.45) is 1.93. The van der Waals surface area contributed by atoms with Crippen molar-refractivity contribution in [2.75, 3.05) is 26.2 Å². The van der Waals surface area contributed by atoms with E-state index in [9.17, 15) is 4.79 Å². The molecular formula is C13H19BrN4O2. The van der Waals surface area contributed by atoms with Crippen molar-refractivity contribution in [1.29, 1.82) is 0 Å². The Morgan fingerprint density at radius 2 is 2.40 bits per heavy atom. The Kier molecular flexibility index (Phi) is 5.19. The summed E-state index contributed by atoms with van der Waals surface area (Å²) in [5.74, 6) is 0.517. The summed E-state index contributed by atoms with van der Waals surface area (Å²) in [6.45, 7) is 5.19. The van der Waals surface area contributed by atoms with Gasteiger partial charge in [-0.3, -0.25) is 9.79 Å². The molecule has 1 saturated heterocycles. The first-order valence-electron chi connectivity index (χ1n) is 6.59. The first-order valence-corrected chi connectivity index (χ1v) is 7.38. The normalized spacial score (nSPS) is 20.2. The zero-order valence-corrected chi connectivity index (χ0v) is 13.0. The molecule has 0 spiro atoms. The van der Waals surface area contributed by atoms with Crippen molar-refractivity contribution in [3.05, 3.63) is 33.2 Å². The summed E-state index contributed by atoms with van der Waals surface area (Å²) in [7, 11) is 0. The maximum atomic E-state index is 11.6. The molecule has 2 rings (SSSR count). The predicted octanol–water partition coefficient (Wildman–Crippen LogP) is 0.646. The standard InChI is InChI=1S/C13H19BrN4O2/c1-10-8-18(6-7-20-10)13(15)16-4-5-17-9-11(14)2-3-12(17)19/h2-3,9-10H,4-8H2,1H3,(H2,15,16). The summed E-state index contributed by atoms with van der Waals surface area (Å²) in [5.41, 5.74) is 5.93. The highest BCUT2D eigenvalue weighted by Gasteiger charge is 2.17. The van der Waals surface area contributed by atoms with Crippen LogP contribution in [0.1, 0.15) is 6.92 Å². The Labute approximate surface area is 126 Å². The molecule has 1 unspecified atom stereocenters. The van der Waals surface area contributed by atoms with Gasteiger partial charge in [-0.15, -0.1) is 0 Å². The van der Waals surface area contributed by atoms with E-state index in [2.05, 4.69) is 20.9 Å². The molecule has 1 aromatic rings. The van der Waals surface area contributed by atoms with Gasteiger partial charge in [-0.05, 0) is 28.9 Å². The number of hydrogen-bond donors (Lipinski definition) is 1. The van der Waals surface area contributed by atoms with Crippen LogP contribution in [0.2, 0.25) is 0 Å². The molecule has 1 aromatic heterocycles. The summed E-state index contributed by atoms with van der Waals surface area (Å²) >= 11 is 3.34. The number of morpholine rings is 1. The molecule has 1 aliphatic heterocycles. The van der Waals surface area contributed by atoms with Crippen LogP contribution in [0.5, 0.6) is 0 Å². The number of ether oxygens (including phenoxy) is 1. The van der Waals surface area contributed by atoms with E-state index in [0.717, 1.165) is 17.6 Å². The van der Waals surface area contributed by atoms with E-state index in [-0.39, 0.29) is 11.7 Å². The van der Waals surface area contributed by atoms with Crippen molar-refractivity contribution in [3.8, 4) is 0 Å². The lowest BCUT2D eigenvalue weighted by Gasteiger charge is -2.31. The van der Waals surface area contributed by atoms with Crippen LogP contribution in [0, 0.1) is 0 Å². The van der Waals surface area contributed by atoms with Gasteiger partial charge in [-0.25, -0.2) is 0 Å². The third kappa shape index (κ3) is 4.08. The minimum atomic E-state index is -0.0398. The van der Waals surface area contributed by atoms with Gasteiger partial charge < -0.3 is 19.9 Å². The third-order valence-corrected chi connectivity index (χ3v) is 3.60. The van der Waals surface area contributed by atoms with Crippen LogP contribution in [0.25, 0.3) is 0 Å². The van der Waals surface area contributed by atoms with Gasteiger partial charge in [0.2, 0.25) is 0 Å². The Bertz CT molecular complexity index is 543. The first kappa shape index (κ1) is 15.1. The molecule has 2 N–H and O–H groups in total. The molecular weight excluding hydrogens is 324 g/mol. The number of aromatic nitrogens is 1. The summed E-state index contributed by atoms with van der Waals surface area (Å²) in [4.78, 5) is 18.0. The molecule has 0 amide bonds. The Hall–Kier alpha value is -1.34. The number of aliphatic imine (C=N–C) groups is 1. The van der Waals surface area contributed by atoms with E-state index in [1.54, 1.807) is 16.8 Å². The van der Waals surface area contributed by atoms with E-state index in [0.29, 0.717) is 25.7 Å². The Morgan fingerprint density at radius 1 is 1.60 bits per heavy atom. The molecule has 0 aliphatic carbocycles. The SMILES string of the molecule is CC1CN(C(N)=NCCn2cc(Br)ccc2=O)CCO1. The number of nitrogens with two attached hydrogens (primary N) is 1. The van der Waals surface area contributed by atoms with Crippen molar-refractivity contribution in [2.24, 2.45) is 10.7 Å². The van der Waals surface area contributed by atoms with Gasteiger partial charge in [0.05, 0.1) is 19.3 Å². The minimum absolute atomic E-state index is 0.0398. The highest BCUT2D eigenvalue weighted by atomic mass is 79.9. The van der Waals surface area contributed by atoms with Gasteiger partial charge in [0.25, 0.3) is 5.56 Å². The van der Waals surface area contributed by atoms with Crippen molar-refractivity contribution in [1.82, 2.24) is 9.47 Å². The van der Waals surface area contributed by atoms with Crippen molar-refractivity contribution in [3.63, 3.8) is 0 Å². The van der Waals surface area contributed by atoms with E-state index < -0.39 is 0 Å². The molecule has 7 heteroatoms. The molecule has 1 fully saturated rings. The average molecular weight is 343 g/mol. The molecule has 0 aromatic carbocycles. The highest BCUT2D eigenvalue weighted by molar-refractivity contribution is 9.10. The molecule has 110 valence electrons. The van der Waals surface area contributed by atoms with Gasteiger partial charge in [-0.1, -0.05) is 0 Å². The van der Waals surface area contributed by atoms with E-state index in [1.165, 1.54) is 6.07 Å². The summed E-state index contributed by atoms with van der Waals surface area (Å²) < 4.78 is 7.94. The van der Waals surface area contributed by atoms with Crippen LogP contribution < -0.4 is 11.3 Å². The molecule has 0 radical (unpaired) electrons. The maximum absolute atomic E-state index is 11.6. The van der Waals surface area contributed by atoms with Crippen molar-refractivity contribution < 1.29 is 4.74 Å². The van der Waals surface area contributed by atoms with Crippen LogP contribution in [0.3, 0.4) is 0 Å². The topological polar surface area (TPSA) is 72.8 Å². The van der Waals surface area contributed by atoms with Crippen LogP contribution in [0.15, 0.2) is 32.6 Å². The molecule has 2 heterocycles.